The highest BCUT2D eigenvalue weighted by Crippen LogP contribution is 2.32. The topological polar surface area (TPSA) is 107 Å². The van der Waals surface area contributed by atoms with Gasteiger partial charge in [0.2, 0.25) is 0 Å². The molecule has 0 saturated carbocycles. The number of fused-ring (bicyclic) bond motifs is 1. The van der Waals surface area contributed by atoms with Crippen LogP contribution in [0.3, 0.4) is 0 Å². The molecule has 3 aromatic carbocycles. The van der Waals surface area contributed by atoms with Crippen molar-refractivity contribution >= 4 is 10.8 Å². The first-order valence-electron chi connectivity index (χ1n) is 10.8. The SMILES string of the molecule is Cc1[nH][nH]c(=O)c1C(c1ccc(OCc2cccc3ccccc23)cc1)c1c(C)[nH][nH]c1=O. The average Bonchev–Trinajstić information content (AvgIpc) is 3.34. The van der Waals surface area contributed by atoms with Crippen molar-refractivity contribution in [1.29, 1.82) is 0 Å². The molecule has 166 valence electrons. The number of H-pyrrole nitrogens is 4. The summed E-state index contributed by atoms with van der Waals surface area (Å²) in [5, 5.41) is 13.3. The van der Waals surface area contributed by atoms with Gasteiger partial charge in [-0.1, -0.05) is 54.6 Å². The summed E-state index contributed by atoms with van der Waals surface area (Å²) in [5.41, 5.74) is 3.89. The van der Waals surface area contributed by atoms with Crippen molar-refractivity contribution in [2.45, 2.75) is 26.4 Å². The number of aromatic amines is 4. The Morgan fingerprint density at radius 1 is 0.727 bits per heavy atom. The Labute approximate surface area is 189 Å². The highest BCUT2D eigenvalue weighted by Gasteiger charge is 2.28. The monoisotopic (exact) mass is 440 g/mol. The molecule has 5 aromatic rings. The number of rotatable bonds is 6. The van der Waals surface area contributed by atoms with Crippen LogP contribution in [0.1, 0.15) is 39.6 Å². The van der Waals surface area contributed by atoms with Crippen molar-refractivity contribution in [3.63, 3.8) is 0 Å². The smallest absolute Gasteiger partial charge is 0.268 e. The summed E-state index contributed by atoms with van der Waals surface area (Å²) in [4.78, 5) is 25.1. The van der Waals surface area contributed by atoms with E-state index in [0.717, 1.165) is 11.1 Å². The minimum atomic E-state index is -0.512. The largest absolute Gasteiger partial charge is 0.489 e. The van der Waals surface area contributed by atoms with E-state index in [1.165, 1.54) is 10.8 Å². The summed E-state index contributed by atoms with van der Waals surface area (Å²) in [7, 11) is 0. The molecule has 0 fully saturated rings. The molecule has 7 heteroatoms. The van der Waals surface area contributed by atoms with Gasteiger partial charge in [-0.2, -0.15) is 0 Å². The molecule has 4 N–H and O–H groups in total. The third kappa shape index (κ3) is 3.78. The summed E-state index contributed by atoms with van der Waals surface area (Å²) < 4.78 is 6.06. The zero-order valence-electron chi connectivity index (χ0n) is 18.4. The van der Waals surface area contributed by atoms with Crippen LogP contribution in [0, 0.1) is 13.8 Å². The molecule has 0 bridgehead atoms. The lowest BCUT2D eigenvalue weighted by Crippen LogP contribution is -2.20. The maximum absolute atomic E-state index is 12.6. The van der Waals surface area contributed by atoms with Crippen LogP contribution < -0.4 is 15.9 Å². The molecule has 33 heavy (non-hydrogen) atoms. The first-order valence-corrected chi connectivity index (χ1v) is 10.8. The summed E-state index contributed by atoms with van der Waals surface area (Å²) in [6.45, 7) is 4.08. The third-order valence-corrected chi connectivity index (χ3v) is 6.09. The van der Waals surface area contributed by atoms with Crippen LogP contribution in [0.5, 0.6) is 5.75 Å². The molecule has 2 heterocycles. The lowest BCUT2D eigenvalue weighted by molar-refractivity contribution is 0.307. The van der Waals surface area contributed by atoms with E-state index in [2.05, 4.69) is 44.7 Å². The zero-order chi connectivity index (χ0) is 22.9. The lowest BCUT2D eigenvalue weighted by atomic mass is 9.85. The quantitative estimate of drug-likeness (QED) is 0.317. The second-order valence-electron chi connectivity index (χ2n) is 8.16. The van der Waals surface area contributed by atoms with Crippen LogP contribution in [0.2, 0.25) is 0 Å². The van der Waals surface area contributed by atoms with Gasteiger partial charge in [0, 0.05) is 17.3 Å². The van der Waals surface area contributed by atoms with E-state index in [4.69, 9.17) is 4.74 Å². The van der Waals surface area contributed by atoms with Gasteiger partial charge in [-0.25, -0.2) is 0 Å². The number of aryl methyl sites for hydroxylation is 2. The van der Waals surface area contributed by atoms with E-state index in [1.807, 2.05) is 56.3 Å². The predicted octanol–water partition coefficient (Wildman–Crippen LogP) is 4.25. The molecule has 0 unspecified atom stereocenters. The van der Waals surface area contributed by atoms with E-state index in [1.54, 1.807) is 0 Å². The van der Waals surface area contributed by atoms with Gasteiger partial charge in [-0.05, 0) is 47.9 Å². The summed E-state index contributed by atoms with van der Waals surface area (Å²) in [6.07, 6.45) is 0. The van der Waals surface area contributed by atoms with Crippen LogP contribution >= 0.6 is 0 Å². The molecule has 0 aliphatic heterocycles. The first kappa shape index (κ1) is 20.6. The Balaban J connectivity index is 1.46. The van der Waals surface area contributed by atoms with Crippen molar-refractivity contribution < 1.29 is 4.74 Å². The van der Waals surface area contributed by atoms with Gasteiger partial charge in [0.05, 0.1) is 11.1 Å². The van der Waals surface area contributed by atoms with Crippen LogP contribution in [0.25, 0.3) is 10.8 Å². The standard InChI is InChI=1S/C26H24N4O3/c1-15-22(25(31)29-27-15)24(23-16(2)28-30-26(23)32)18-10-12-20(13-11-18)33-14-19-8-5-7-17-6-3-4-9-21(17)19/h3-13,24H,14H2,1-2H3,(H2,27,29,31)(H2,28,30,32). The van der Waals surface area contributed by atoms with E-state index < -0.39 is 5.92 Å². The maximum atomic E-state index is 12.6. The van der Waals surface area contributed by atoms with Crippen LogP contribution in [-0.4, -0.2) is 20.4 Å². The molecule has 7 nitrogen and oxygen atoms in total. The van der Waals surface area contributed by atoms with Crippen molar-refractivity contribution in [2.24, 2.45) is 0 Å². The highest BCUT2D eigenvalue weighted by molar-refractivity contribution is 5.85. The summed E-state index contributed by atoms with van der Waals surface area (Å²) in [5.74, 6) is 0.201. The van der Waals surface area contributed by atoms with Crippen molar-refractivity contribution in [1.82, 2.24) is 20.4 Å². The fraction of sp³-hybridized carbons (Fsp3) is 0.154. The molecule has 0 atom stereocenters. The molecule has 0 saturated heterocycles. The fourth-order valence-electron chi connectivity index (χ4n) is 4.42. The minimum Gasteiger partial charge on any atom is -0.489 e. The number of hydrogen-bond donors (Lipinski definition) is 4. The zero-order valence-corrected chi connectivity index (χ0v) is 18.4. The number of ether oxygens (including phenoxy) is 1. The van der Waals surface area contributed by atoms with Gasteiger partial charge in [-0.3, -0.25) is 19.8 Å². The number of aromatic nitrogens is 4. The Kier molecular flexibility index (Phi) is 5.22. The number of benzene rings is 3. The van der Waals surface area contributed by atoms with Gasteiger partial charge in [0.1, 0.15) is 12.4 Å². The molecule has 2 aromatic heterocycles. The molecule has 0 spiro atoms. The minimum absolute atomic E-state index is 0.242. The lowest BCUT2D eigenvalue weighted by Gasteiger charge is -2.16. The molecular formula is C26H24N4O3. The predicted molar refractivity (Wildman–Crippen MR) is 128 cm³/mol. The van der Waals surface area contributed by atoms with Crippen LogP contribution in [0.15, 0.2) is 76.3 Å². The fourth-order valence-corrected chi connectivity index (χ4v) is 4.42. The van der Waals surface area contributed by atoms with Gasteiger partial charge in [-0.15, -0.1) is 0 Å². The summed E-state index contributed by atoms with van der Waals surface area (Å²) >= 11 is 0. The Morgan fingerprint density at radius 3 is 1.94 bits per heavy atom. The molecule has 0 radical (unpaired) electrons. The van der Waals surface area contributed by atoms with Crippen LogP contribution in [-0.2, 0) is 6.61 Å². The Morgan fingerprint density at radius 2 is 1.33 bits per heavy atom. The van der Waals surface area contributed by atoms with Crippen LogP contribution in [0.4, 0.5) is 0 Å². The maximum Gasteiger partial charge on any atom is 0.268 e. The van der Waals surface area contributed by atoms with E-state index in [-0.39, 0.29) is 11.1 Å². The summed E-state index contributed by atoms with van der Waals surface area (Å²) in [6, 6.07) is 22.0. The van der Waals surface area contributed by atoms with E-state index in [9.17, 15) is 9.59 Å². The Bertz CT molecular complexity index is 1480. The van der Waals surface area contributed by atoms with Crippen molar-refractivity contribution in [2.75, 3.05) is 0 Å². The van der Waals surface area contributed by atoms with Gasteiger partial charge >= 0.3 is 0 Å². The van der Waals surface area contributed by atoms with Crippen molar-refractivity contribution in [3.05, 3.63) is 121 Å². The molecular weight excluding hydrogens is 416 g/mol. The number of hydrogen-bond acceptors (Lipinski definition) is 3. The first-order chi connectivity index (χ1) is 16.0. The van der Waals surface area contributed by atoms with E-state index >= 15 is 0 Å². The molecule has 0 aliphatic rings. The van der Waals surface area contributed by atoms with Gasteiger partial charge < -0.3 is 14.9 Å². The van der Waals surface area contributed by atoms with E-state index in [0.29, 0.717) is 34.9 Å². The highest BCUT2D eigenvalue weighted by atomic mass is 16.5. The second kappa shape index (κ2) is 8.35. The molecule has 5 rings (SSSR count). The Hall–Kier alpha value is -4.26. The molecule has 0 aliphatic carbocycles. The van der Waals surface area contributed by atoms with Gasteiger partial charge in [0.15, 0.2) is 0 Å². The second-order valence-corrected chi connectivity index (χ2v) is 8.16. The molecule has 0 amide bonds. The number of nitrogens with one attached hydrogen (secondary N) is 4. The van der Waals surface area contributed by atoms with Gasteiger partial charge in [0.25, 0.3) is 11.1 Å². The average molecular weight is 441 g/mol. The third-order valence-electron chi connectivity index (χ3n) is 6.09. The van der Waals surface area contributed by atoms with Crippen molar-refractivity contribution in [3.8, 4) is 5.75 Å². The normalized spacial score (nSPS) is 11.4.